The van der Waals surface area contributed by atoms with Crippen molar-refractivity contribution < 1.29 is 22.3 Å². The van der Waals surface area contributed by atoms with Crippen LogP contribution in [0.15, 0.2) is 55.0 Å². The van der Waals surface area contributed by atoms with Crippen LogP contribution in [-0.2, 0) is 0 Å². The van der Waals surface area contributed by atoms with Crippen LogP contribution in [0.2, 0.25) is 0 Å². The Morgan fingerprint density at radius 1 is 1.03 bits per heavy atom. The van der Waals surface area contributed by atoms with Crippen molar-refractivity contribution in [3.8, 4) is 23.0 Å². The maximum absolute atomic E-state index is 13.3. The third-order valence-corrected chi connectivity index (χ3v) is 5.29. The fourth-order valence-corrected chi connectivity index (χ4v) is 3.57. The molecule has 11 heteroatoms. The molecule has 0 aliphatic heterocycles. The van der Waals surface area contributed by atoms with Crippen LogP contribution in [-0.4, -0.2) is 38.0 Å². The van der Waals surface area contributed by atoms with Crippen molar-refractivity contribution in [2.45, 2.75) is 32.5 Å². The molecule has 0 spiro atoms. The van der Waals surface area contributed by atoms with Crippen LogP contribution in [0.4, 0.5) is 23.4 Å². The molecule has 3 heterocycles. The molecule has 0 saturated carbocycles. The highest BCUT2D eigenvalue weighted by molar-refractivity contribution is 5.61. The molecular weight excluding hydrogens is 464 g/mol. The van der Waals surface area contributed by atoms with Crippen molar-refractivity contribution in [3.63, 3.8) is 0 Å². The molecule has 0 saturated heterocycles. The number of rotatable bonds is 7. The predicted octanol–water partition coefficient (Wildman–Crippen LogP) is 5.59. The van der Waals surface area contributed by atoms with Crippen LogP contribution < -0.4 is 10.1 Å². The van der Waals surface area contributed by atoms with Crippen molar-refractivity contribution in [3.05, 3.63) is 77.6 Å². The monoisotopic (exact) mass is 486 g/mol. The number of imidazole rings is 1. The molecule has 182 valence electrons. The van der Waals surface area contributed by atoms with Crippen molar-refractivity contribution in [1.29, 1.82) is 0 Å². The van der Waals surface area contributed by atoms with Gasteiger partial charge in [-0.2, -0.15) is 13.2 Å². The van der Waals surface area contributed by atoms with Crippen molar-refractivity contribution >= 4 is 5.82 Å². The first-order valence-electron chi connectivity index (χ1n) is 10.6. The van der Waals surface area contributed by atoms with Gasteiger partial charge in [0.25, 0.3) is 0 Å². The third-order valence-electron chi connectivity index (χ3n) is 5.29. The van der Waals surface area contributed by atoms with Gasteiger partial charge in [0.15, 0.2) is 5.82 Å². The van der Waals surface area contributed by atoms with Crippen molar-refractivity contribution in [1.82, 2.24) is 24.7 Å². The summed E-state index contributed by atoms with van der Waals surface area (Å²) in [5.41, 5.74) is 3.29. The minimum Gasteiger partial charge on any atom is -0.479 e. The number of alkyl halides is 3. The quantitative estimate of drug-likeness (QED) is 0.343. The number of ether oxygens (including phenoxy) is 1. The SMILES string of the molecule is COc1nc(-c2cc(C)c(N[C@@H](CC(F)(F)F)c3ccc(F)cc3)nn2)ccc1-n1cnc(C)c1. The Labute approximate surface area is 198 Å². The molecule has 0 aliphatic carbocycles. The number of methoxy groups -OCH3 is 1. The molecule has 4 aromatic rings. The van der Waals surface area contributed by atoms with Crippen LogP contribution in [0.3, 0.4) is 0 Å². The fourth-order valence-electron chi connectivity index (χ4n) is 3.57. The highest BCUT2D eigenvalue weighted by Crippen LogP contribution is 2.33. The summed E-state index contributed by atoms with van der Waals surface area (Å²) in [6.45, 7) is 3.57. The number of aromatic nitrogens is 5. The zero-order valence-corrected chi connectivity index (χ0v) is 19.1. The number of halogens is 4. The molecule has 0 fully saturated rings. The van der Waals surface area contributed by atoms with Gasteiger partial charge in [-0.3, -0.25) is 0 Å². The summed E-state index contributed by atoms with van der Waals surface area (Å²) in [7, 11) is 1.50. The maximum atomic E-state index is 13.3. The Bertz CT molecular complexity index is 1320. The van der Waals surface area contributed by atoms with E-state index in [2.05, 4.69) is 25.5 Å². The molecule has 4 rings (SSSR count). The summed E-state index contributed by atoms with van der Waals surface area (Å²) in [5.74, 6) is 0.00450. The molecule has 0 amide bonds. The molecule has 7 nitrogen and oxygen atoms in total. The summed E-state index contributed by atoms with van der Waals surface area (Å²) in [6, 6.07) is 8.93. The van der Waals surface area contributed by atoms with E-state index >= 15 is 0 Å². The molecule has 1 N–H and O–H groups in total. The topological polar surface area (TPSA) is 77.8 Å². The molecule has 35 heavy (non-hydrogen) atoms. The van der Waals surface area contributed by atoms with Crippen LogP contribution in [0.5, 0.6) is 5.88 Å². The van der Waals surface area contributed by atoms with E-state index in [4.69, 9.17) is 4.74 Å². The van der Waals surface area contributed by atoms with E-state index in [1.165, 1.54) is 19.2 Å². The smallest absolute Gasteiger partial charge is 0.391 e. The molecule has 0 bridgehead atoms. The number of hydrogen-bond donors (Lipinski definition) is 1. The summed E-state index contributed by atoms with van der Waals surface area (Å²) in [5, 5.41) is 11.1. The van der Waals surface area contributed by atoms with Crippen LogP contribution in [0.1, 0.15) is 29.3 Å². The van der Waals surface area contributed by atoms with Crippen molar-refractivity contribution in [2.75, 3.05) is 12.4 Å². The summed E-state index contributed by atoms with van der Waals surface area (Å²) in [6.07, 6.45) is -2.11. The second-order valence-corrected chi connectivity index (χ2v) is 7.98. The van der Waals surface area contributed by atoms with Gasteiger partial charge in [-0.15, -0.1) is 10.2 Å². The van der Waals surface area contributed by atoms with E-state index in [1.807, 2.05) is 13.1 Å². The molecular formula is C24H22F4N6O. The van der Waals surface area contributed by atoms with E-state index in [9.17, 15) is 17.6 Å². The Balaban J connectivity index is 1.61. The number of benzene rings is 1. The van der Waals surface area contributed by atoms with Gasteiger partial charge in [-0.25, -0.2) is 14.4 Å². The van der Waals surface area contributed by atoms with Gasteiger partial charge in [-0.05, 0) is 55.3 Å². The van der Waals surface area contributed by atoms with E-state index in [1.54, 1.807) is 36.0 Å². The van der Waals surface area contributed by atoms with Gasteiger partial charge in [0.1, 0.15) is 17.2 Å². The third kappa shape index (κ3) is 5.73. The lowest BCUT2D eigenvalue weighted by Gasteiger charge is -2.22. The molecule has 3 aromatic heterocycles. The van der Waals surface area contributed by atoms with Gasteiger partial charge in [0, 0.05) is 6.20 Å². The Morgan fingerprint density at radius 3 is 2.37 bits per heavy atom. The molecule has 0 radical (unpaired) electrons. The van der Waals surface area contributed by atoms with Gasteiger partial charge < -0.3 is 14.6 Å². The zero-order valence-electron chi connectivity index (χ0n) is 19.1. The molecule has 0 unspecified atom stereocenters. The second kappa shape index (κ2) is 9.69. The fraction of sp³-hybridized carbons (Fsp3) is 0.250. The first-order chi connectivity index (χ1) is 16.6. The summed E-state index contributed by atoms with van der Waals surface area (Å²) < 4.78 is 60.1. The van der Waals surface area contributed by atoms with E-state index in [-0.39, 0.29) is 11.4 Å². The predicted molar refractivity (Wildman–Crippen MR) is 122 cm³/mol. The first-order valence-corrected chi connectivity index (χ1v) is 10.6. The standard InChI is InChI=1S/C24H22F4N6O/c1-14-10-19(18-8-9-21(23(31-18)35-3)34-12-15(2)29-13-34)32-33-22(14)30-20(11-24(26,27)28)16-4-6-17(25)7-5-16/h4-10,12-13,20H,11H2,1-3H3,(H,30,33)/t20-/m0/s1. The molecule has 1 atom stereocenters. The lowest BCUT2D eigenvalue weighted by molar-refractivity contribution is -0.137. The van der Waals surface area contributed by atoms with E-state index < -0.39 is 24.5 Å². The number of pyridine rings is 1. The van der Waals surface area contributed by atoms with Crippen LogP contribution in [0, 0.1) is 19.7 Å². The number of anilines is 1. The Hall–Kier alpha value is -4.02. The Morgan fingerprint density at radius 2 is 1.77 bits per heavy atom. The van der Waals surface area contributed by atoms with E-state index in [0.29, 0.717) is 28.5 Å². The number of nitrogens with one attached hydrogen (secondary N) is 1. The summed E-state index contributed by atoms with van der Waals surface area (Å²) >= 11 is 0. The van der Waals surface area contributed by atoms with Gasteiger partial charge in [0.05, 0.1) is 37.3 Å². The maximum Gasteiger partial charge on any atom is 0.391 e. The highest BCUT2D eigenvalue weighted by Gasteiger charge is 2.33. The van der Waals surface area contributed by atoms with Gasteiger partial charge >= 0.3 is 6.18 Å². The largest absolute Gasteiger partial charge is 0.479 e. The lowest BCUT2D eigenvalue weighted by Crippen LogP contribution is -2.21. The van der Waals surface area contributed by atoms with Crippen molar-refractivity contribution in [2.24, 2.45) is 0 Å². The van der Waals surface area contributed by atoms with Crippen LogP contribution >= 0.6 is 0 Å². The van der Waals surface area contributed by atoms with Gasteiger partial charge in [0.2, 0.25) is 5.88 Å². The normalized spacial score (nSPS) is 12.4. The highest BCUT2D eigenvalue weighted by atomic mass is 19.4. The minimum atomic E-state index is -4.44. The first kappa shape index (κ1) is 24.1. The molecule has 1 aromatic carbocycles. The lowest BCUT2D eigenvalue weighted by atomic mass is 10.0. The average molecular weight is 486 g/mol. The second-order valence-electron chi connectivity index (χ2n) is 7.98. The Kier molecular flexibility index (Phi) is 6.68. The van der Waals surface area contributed by atoms with Crippen LogP contribution in [0.25, 0.3) is 17.1 Å². The number of aryl methyl sites for hydroxylation is 2. The number of hydrogen-bond acceptors (Lipinski definition) is 6. The molecule has 0 aliphatic rings. The average Bonchev–Trinajstić information content (AvgIpc) is 3.25. The minimum absolute atomic E-state index is 0.185. The van der Waals surface area contributed by atoms with Gasteiger partial charge in [-0.1, -0.05) is 12.1 Å². The van der Waals surface area contributed by atoms with E-state index in [0.717, 1.165) is 17.8 Å². The zero-order chi connectivity index (χ0) is 25.2. The summed E-state index contributed by atoms with van der Waals surface area (Å²) in [4.78, 5) is 8.71. The number of nitrogens with zero attached hydrogens (tertiary/aromatic N) is 5.